The molecule has 0 aliphatic heterocycles. The van der Waals surface area contributed by atoms with Gasteiger partial charge in [0.15, 0.2) is 0 Å². The van der Waals surface area contributed by atoms with Gasteiger partial charge in [-0.25, -0.2) is 0 Å². The minimum atomic E-state index is -1.14. The molecule has 80 valence electrons. The zero-order valence-corrected chi connectivity index (χ0v) is 8.35. The summed E-state index contributed by atoms with van der Waals surface area (Å²) in [6, 6.07) is -1.07. The summed E-state index contributed by atoms with van der Waals surface area (Å²) in [5.41, 5.74) is 5.38. The molecule has 5 nitrogen and oxygen atoms in total. The van der Waals surface area contributed by atoms with Crippen molar-refractivity contribution in [3.8, 4) is 0 Å². The first kappa shape index (κ1) is 11.3. The van der Waals surface area contributed by atoms with Gasteiger partial charge in [-0.2, -0.15) is 12.6 Å². The quantitative estimate of drug-likeness (QED) is 0.474. The van der Waals surface area contributed by atoms with E-state index < -0.39 is 29.8 Å². The number of nitrogens with two attached hydrogens (primary N) is 1. The third kappa shape index (κ3) is 2.01. The molecular formula is C8H13NO4S. The van der Waals surface area contributed by atoms with Crippen molar-refractivity contribution >= 4 is 24.6 Å². The second kappa shape index (κ2) is 4.18. The minimum absolute atomic E-state index is 0.129. The first-order chi connectivity index (χ1) is 6.50. The Balaban J connectivity index is 2.62. The van der Waals surface area contributed by atoms with E-state index in [1.807, 2.05) is 0 Å². The number of carbonyl (C=O) groups is 2. The molecule has 1 fully saturated rings. The van der Waals surface area contributed by atoms with Crippen LogP contribution in [0.5, 0.6) is 0 Å². The summed E-state index contributed by atoms with van der Waals surface area (Å²) in [4.78, 5) is 21.3. The Kier molecular flexibility index (Phi) is 3.38. The van der Waals surface area contributed by atoms with E-state index in [9.17, 15) is 9.59 Å². The van der Waals surface area contributed by atoms with Crippen LogP contribution >= 0.6 is 12.6 Å². The van der Waals surface area contributed by atoms with Gasteiger partial charge in [-0.15, -0.1) is 0 Å². The van der Waals surface area contributed by atoms with Crippen LogP contribution in [-0.2, 0) is 9.59 Å². The average molecular weight is 219 g/mol. The maximum absolute atomic E-state index is 10.7. The first-order valence-electron chi connectivity index (χ1n) is 4.32. The number of thiol groups is 1. The lowest BCUT2D eigenvalue weighted by Gasteiger charge is -2.03. The molecule has 6 heteroatoms. The molecule has 0 spiro atoms. The lowest BCUT2D eigenvalue weighted by Crippen LogP contribution is -2.34. The van der Waals surface area contributed by atoms with Gasteiger partial charge in [0.05, 0.1) is 5.92 Å². The molecule has 1 aliphatic carbocycles. The predicted octanol–water partition coefficient (Wildman–Crippen LogP) is -0.335. The Morgan fingerprint density at radius 3 is 2.36 bits per heavy atom. The molecule has 0 saturated heterocycles. The van der Waals surface area contributed by atoms with E-state index >= 15 is 0 Å². The molecule has 0 aromatic heterocycles. The van der Waals surface area contributed by atoms with E-state index in [-0.39, 0.29) is 5.92 Å². The zero-order chi connectivity index (χ0) is 10.9. The highest BCUT2D eigenvalue weighted by molar-refractivity contribution is 7.80. The van der Waals surface area contributed by atoms with Crippen molar-refractivity contribution in [1.29, 1.82) is 0 Å². The van der Waals surface area contributed by atoms with E-state index in [2.05, 4.69) is 12.6 Å². The predicted molar refractivity (Wildman–Crippen MR) is 52.2 cm³/mol. The van der Waals surface area contributed by atoms with Gasteiger partial charge in [-0.1, -0.05) is 0 Å². The summed E-state index contributed by atoms with van der Waals surface area (Å²) < 4.78 is 0. The summed E-state index contributed by atoms with van der Waals surface area (Å²) in [5.74, 6) is -2.71. The van der Waals surface area contributed by atoms with Crippen molar-refractivity contribution in [1.82, 2.24) is 0 Å². The summed E-state index contributed by atoms with van der Waals surface area (Å²) in [7, 11) is 0. The van der Waals surface area contributed by atoms with Gasteiger partial charge in [0.1, 0.15) is 6.04 Å². The Morgan fingerprint density at radius 2 is 2.00 bits per heavy atom. The third-order valence-electron chi connectivity index (χ3n) is 2.68. The van der Waals surface area contributed by atoms with E-state index in [1.165, 1.54) is 0 Å². The molecule has 0 radical (unpaired) electrons. The standard InChI is InChI=1S/C8H13NO4S/c9-6(8(12)13)4-3(1-2-14)5(4)7(10)11/h3-6,14H,1-2,9H2,(H,10,11)(H,12,13)/t3-,4+,5+,6?/m1/s1. The van der Waals surface area contributed by atoms with Crippen molar-refractivity contribution in [2.75, 3.05) is 5.75 Å². The van der Waals surface area contributed by atoms with Gasteiger partial charge in [0.25, 0.3) is 0 Å². The Morgan fingerprint density at radius 1 is 1.43 bits per heavy atom. The highest BCUT2D eigenvalue weighted by atomic mass is 32.1. The van der Waals surface area contributed by atoms with Crippen LogP contribution in [-0.4, -0.2) is 33.9 Å². The minimum Gasteiger partial charge on any atom is -0.481 e. The molecule has 1 unspecified atom stereocenters. The molecule has 14 heavy (non-hydrogen) atoms. The van der Waals surface area contributed by atoms with Gasteiger partial charge in [-0.3, -0.25) is 9.59 Å². The van der Waals surface area contributed by atoms with Crippen LogP contribution in [0.2, 0.25) is 0 Å². The van der Waals surface area contributed by atoms with Gasteiger partial charge in [-0.05, 0) is 18.1 Å². The Labute approximate surface area is 86.7 Å². The summed E-state index contributed by atoms with van der Waals surface area (Å²) in [5, 5.41) is 17.4. The van der Waals surface area contributed by atoms with Gasteiger partial charge >= 0.3 is 11.9 Å². The van der Waals surface area contributed by atoms with Crippen molar-refractivity contribution in [2.45, 2.75) is 12.5 Å². The molecule has 0 amide bonds. The molecule has 0 aromatic carbocycles. The van der Waals surface area contributed by atoms with Crippen molar-refractivity contribution in [3.63, 3.8) is 0 Å². The zero-order valence-electron chi connectivity index (χ0n) is 7.46. The van der Waals surface area contributed by atoms with Gasteiger partial charge in [0.2, 0.25) is 0 Å². The maximum Gasteiger partial charge on any atom is 0.320 e. The summed E-state index contributed by atoms with van der Waals surface area (Å²) >= 11 is 3.99. The first-order valence-corrected chi connectivity index (χ1v) is 4.96. The number of aliphatic carboxylic acids is 2. The van der Waals surface area contributed by atoms with Crippen LogP contribution in [0.1, 0.15) is 6.42 Å². The summed E-state index contributed by atoms with van der Waals surface area (Å²) in [6.07, 6.45) is 0.603. The highest BCUT2D eigenvalue weighted by Crippen LogP contribution is 2.50. The Bertz CT molecular complexity index is 258. The van der Waals surface area contributed by atoms with Crippen LogP contribution in [0.4, 0.5) is 0 Å². The number of rotatable bonds is 5. The van der Waals surface area contributed by atoms with Crippen LogP contribution < -0.4 is 5.73 Å². The highest BCUT2D eigenvalue weighted by Gasteiger charge is 2.58. The average Bonchev–Trinajstić information content (AvgIpc) is 2.78. The largest absolute Gasteiger partial charge is 0.481 e. The smallest absolute Gasteiger partial charge is 0.320 e. The lowest BCUT2D eigenvalue weighted by molar-refractivity contribution is -0.140. The molecule has 4 atom stereocenters. The number of hydrogen-bond acceptors (Lipinski definition) is 4. The van der Waals surface area contributed by atoms with Gasteiger partial charge in [0, 0.05) is 5.92 Å². The van der Waals surface area contributed by atoms with Crippen molar-refractivity contribution in [3.05, 3.63) is 0 Å². The SMILES string of the molecule is NC(C(=O)O)[C@H]1[C@@H](CCS)[C@@H]1C(=O)O. The monoisotopic (exact) mass is 219 g/mol. The topological polar surface area (TPSA) is 101 Å². The van der Waals surface area contributed by atoms with E-state index in [1.54, 1.807) is 0 Å². The fourth-order valence-electron chi connectivity index (χ4n) is 1.92. The third-order valence-corrected chi connectivity index (χ3v) is 2.94. The molecular weight excluding hydrogens is 206 g/mol. The maximum atomic E-state index is 10.7. The van der Waals surface area contributed by atoms with Gasteiger partial charge < -0.3 is 15.9 Å². The Hall–Kier alpha value is -0.750. The normalized spacial score (nSPS) is 32.3. The van der Waals surface area contributed by atoms with Crippen LogP contribution in [0.15, 0.2) is 0 Å². The molecule has 0 bridgehead atoms. The van der Waals surface area contributed by atoms with E-state index in [4.69, 9.17) is 15.9 Å². The summed E-state index contributed by atoms with van der Waals surface area (Å²) in [6.45, 7) is 0. The molecule has 1 saturated carbocycles. The van der Waals surface area contributed by atoms with E-state index in [0.717, 1.165) is 0 Å². The number of carboxylic acids is 2. The van der Waals surface area contributed by atoms with Crippen LogP contribution in [0.3, 0.4) is 0 Å². The molecule has 4 N–H and O–H groups in total. The molecule has 0 heterocycles. The molecule has 0 aromatic rings. The number of carboxylic acid groups (broad SMARTS) is 2. The van der Waals surface area contributed by atoms with Crippen molar-refractivity contribution in [2.24, 2.45) is 23.5 Å². The van der Waals surface area contributed by atoms with Crippen molar-refractivity contribution < 1.29 is 19.8 Å². The second-order valence-corrected chi connectivity index (χ2v) is 3.93. The van der Waals surface area contributed by atoms with E-state index in [0.29, 0.717) is 12.2 Å². The fourth-order valence-corrected chi connectivity index (χ4v) is 2.22. The number of hydrogen-bond donors (Lipinski definition) is 4. The lowest BCUT2D eigenvalue weighted by atomic mass is 10.1. The van der Waals surface area contributed by atoms with Crippen LogP contribution in [0.25, 0.3) is 0 Å². The molecule has 1 rings (SSSR count). The fraction of sp³-hybridized carbons (Fsp3) is 0.750. The molecule has 1 aliphatic rings. The second-order valence-electron chi connectivity index (χ2n) is 3.48. The van der Waals surface area contributed by atoms with Crippen LogP contribution in [0, 0.1) is 17.8 Å².